The second-order valence-electron chi connectivity index (χ2n) is 3.35. The topological polar surface area (TPSA) is 84.2 Å². The maximum Gasteiger partial charge on any atom is 0.260 e. The molecule has 0 saturated heterocycles. The highest BCUT2D eigenvalue weighted by atomic mass is 16.7. The monoisotopic (exact) mass is 220 g/mol. The summed E-state index contributed by atoms with van der Waals surface area (Å²) >= 11 is 0. The minimum atomic E-state index is -0.240. The average Bonchev–Trinajstić information content (AvgIpc) is 2.28. The van der Waals surface area contributed by atoms with E-state index in [9.17, 15) is 4.79 Å². The largest absolute Gasteiger partial charge is 0.399 e. The van der Waals surface area contributed by atoms with Gasteiger partial charge in [-0.15, -0.1) is 0 Å². The first-order valence-corrected chi connectivity index (χ1v) is 4.69. The summed E-state index contributed by atoms with van der Waals surface area (Å²) in [6.45, 7) is 0. The zero-order valence-corrected chi connectivity index (χ0v) is 9.02. The Balaban J connectivity index is 2.69. The van der Waals surface area contributed by atoms with Gasteiger partial charge in [0.1, 0.15) is 0 Å². The molecule has 1 aromatic heterocycles. The smallest absolute Gasteiger partial charge is 0.260 e. The molecule has 0 unspecified atom stereocenters. The number of fused-ring (bicyclic) bond motifs is 1. The fraction of sp³-hybridized carbons (Fsp3) is 0.200. The normalized spacial score (nSPS) is 10.6. The predicted molar refractivity (Wildman–Crippen MR) is 62.2 cm³/mol. The summed E-state index contributed by atoms with van der Waals surface area (Å²) in [6, 6.07) is 5.00. The van der Waals surface area contributed by atoms with Gasteiger partial charge in [-0.1, -0.05) is 0 Å². The number of nitrogens with zero attached hydrogens (tertiary/aromatic N) is 2. The summed E-state index contributed by atoms with van der Waals surface area (Å²) in [5.41, 5.74) is 6.48. The summed E-state index contributed by atoms with van der Waals surface area (Å²) < 4.78 is 0. The minimum absolute atomic E-state index is 0.240. The molecular weight excluding hydrogens is 208 g/mol. The lowest BCUT2D eigenvalue weighted by Crippen LogP contribution is -2.22. The fourth-order valence-electron chi connectivity index (χ4n) is 1.38. The van der Waals surface area contributed by atoms with Gasteiger partial charge in [0.2, 0.25) is 5.95 Å². The van der Waals surface area contributed by atoms with Gasteiger partial charge in [-0.05, 0) is 18.2 Å². The van der Waals surface area contributed by atoms with Crippen molar-refractivity contribution in [2.75, 3.05) is 25.0 Å². The molecule has 0 fully saturated rings. The van der Waals surface area contributed by atoms with Crippen molar-refractivity contribution in [1.29, 1.82) is 0 Å². The van der Waals surface area contributed by atoms with Crippen LogP contribution in [0.5, 0.6) is 0 Å². The molecule has 16 heavy (non-hydrogen) atoms. The van der Waals surface area contributed by atoms with Crippen LogP contribution in [0.15, 0.2) is 23.0 Å². The van der Waals surface area contributed by atoms with E-state index in [0.717, 1.165) is 0 Å². The quantitative estimate of drug-likeness (QED) is 0.568. The van der Waals surface area contributed by atoms with E-state index in [1.807, 2.05) is 0 Å². The molecule has 2 aromatic rings. The summed E-state index contributed by atoms with van der Waals surface area (Å²) in [5.74, 6) is 0.352. The number of hydroxylamine groups is 1. The van der Waals surface area contributed by atoms with Crippen LogP contribution in [-0.2, 0) is 4.84 Å². The molecule has 0 saturated carbocycles. The number of hydrogen-bond donors (Lipinski definition) is 2. The molecule has 6 heteroatoms. The first-order valence-electron chi connectivity index (χ1n) is 4.69. The Bertz CT molecular complexity index is 579. The minimum Gasteiger partial charge on any atom is -0.399 e. The number of benzene rings is 1. The van der Waals surface area contributed by atoms with Crippen LogP contribution in [0.2, 0.25) is 0 Å². The number of nitrogens with one attached hydrogen (secondary N) is 1. The van der Waals surface area contributed by atoms with E-state index in [1.54, 1.807) is 25.2 Å². The van der Waals surface area contributed by atoms with Crippen molar-refractivity contribution in [3.63, 3.8) is 0 Å². The molecule has 1 aromatic carbocycles. The summed E-state index contributed by atoms with van der Waals surface area (Å²) in [6.07, 6.45) is 0. The molecule has 0 bridgehead atoms. The zero-order chi connectivity index (χ0) is 11.7. The van der Waals surface area contributed by atoms with E-state index >= 15 is 0 Å². The highest BCUT2D eigenvalue weighted by Gasteiger charge is 2.07. The molecule has 0 spiro atoms. The number of H-pyrrole nitrogens is 1. The van der Waals surface area contributed by atoms with Crippen molar-refractivity contribution in [3.05, 3.63) is 28.6 Å². The van der Waals surface area contributed by atoms with Crippen LogP contribution in [-0.4, -0.2) is 24.1 Å². The Labute approximate surface area is 91.6 Å². The zero-order valence-electron chi connectivity index (χ0n) is 9.02. The van der Waals surface area contributed by atoms with E-state index in [2.05, 4.69) is 9.97 Å². The van der Waals surface area contributed by atoms with Crippen LogP contribution in [0.4, 0.5) is 11.6 Å². The first kappa shape index (κ1) is 10.4. The second kappa shape index (κ2) is 3.82. The molecular formula is C10H12N4O2. The first-order chi connectivity index (χ1) is 7.61. The van der Waals surface area contributed by atoms with Crippen molar-refractivity contribution in [1.82, 2.24) is 9.97 Å². The standard InChI is InChI=1S/C10H12N4O2/c1-14(16-2)10-12-8-4-3-6(11)5-7(8)9(15)13-10/h3-5H,11H2,1-2H3,(H,12,13,15). The van der Waals surface area contributed by atoms with Crippen molar-refractivity contribution in [2.24, 2.45) is 0 Å². The highest BCUT2D eigenvalue weighted by Crippen LogP contribution is 2.13. The second-order valence-corrected chi connectivity index (χ2v) is 3.35. The van der Waals surface area contributed by atoms with Gasteiger partial charge < -0.3 is 5.73 Å². The lowest BCUT2D eigenvalue weighted by molar-refractivity contribution is 0.180. The molecule has 0 aliphatic carbocycles. The number of rotatable bonds is 2. The molecule has 0 aliphatic rings. The number of hydrogen-bond acceptors (Lipinski definition) is 5. The Hall–Kier alpha value is -2.08. The van der Waals surface area contributed by atoms with Crippen molar-refractivity contribution >= 4 is 22.5 Å². The van der Waals surface area contributed by atoms with E-state index < -0.39 is 0 Å². The Morgan fingerprint density at radius 3 is 2.94 bits per heavy atom. The molecule has 1 heterocycles. The number of nitrogens with two attached hydrogens (primary N) is 1. The maximum atomic E-state index is 11.7. The van der Waals surface area contributed by atoms with Gasteiger partial charge in [-0.3, -0.25) is 14.6 Å². The van der Waals surface area contributed by atoms with Gasteiger partial charge in [-0.2, -0.15) is 0 Å². The molecule has 0 radical (unpaired) electrons. The third kappa shape index (κ3) is 1.70. The SMILES string of the molecule is CON(C)c1nc2ccc(N)cc2c(=O)[nH]1. The third-order valence-electron chi connectivity index (χ3n) is 2.29. The molecule has 3 N–H and O–H groups in total. The summed E-state index contributed by atoms with van der Waals surface area (Å²) in [4.78, 5) is 23.5. The molecule has 84 valence electrons. The van der Waals surface area contributed by atoms with E-state index in [1.165, 1.54) is 12.2 Å². The van der Waals surface area contributed by atoms with Crippen LogP contribution < -0.4 is 16.4 Å². The predicted octanol–water partition coefficient (Wildman–Crippen LogP) is 0.503. The van der Waals surface area contributed by atoms with Gasteiger partial charge >= 0.3 is 0 Å². The summed E-state index contributed by atoms with van der Waals surface area (Å²) in [7, 11) is 3.15. The Kier molecular flexibility index (Phi) is 2.49. The van der Waals surface area contributed by atoms with Gasteiger partial charge in [0, 0.05) is 12.7 Å². The van der Waals surface area contributed by atoms with Gasteiger partial charge in [0.25, 0.3) is 5.56 Å². The fourth-order valence-corrected chi connectivity index (χ4v) is 1.38. The number of aromatic nitrogens is 2. The molecule has 6 nitrogen and oxygen atoms in total. The molecule has 0 atom stereocenters. The van der Waals surface area contributed by atoms with Gasteiger partial charge in [0.05, 0.1) is 18.0 Å². The molecule has 0 amide bonds. The third-order valence-corrected chi connectivity index (χ3v) is 2.29. The average molecular weight is 220 g/mol. The summed E-state index contributed by atoms with van der Waals surface area (Å²) in [5, 5.41) is 1.84. The van der Waals surface area contributed by atoms with Crippen LogP contribution in [0.25, 0.3) is 10.9 Å². The highest BCUT2D eigenvalue weighted by molar-refractivity contribution is 5.81. The van der Waals surface area contributed by atoms with Crippen LogP contribution in [0.3, 0.4) is 0 Å². The van der Waals surface area contributed by atoms with Crippen molar-refractivity contribution in [3.8, 4) is 0 Å². The van der Waals surface area contributed by atoms with E-state index in [0.29, 0.717) is 22.5 Å². The molecule has 0 aliphatic heterocycles. The van der Waals surface area contributed by atoms with Crippen LogP contribution in [0.1, 0.15) is 0 Å². The van der Waals surface area contributed by atoms with Crippen molar-refractivity contribution < 1.29 is 4.84 Å². The molecule has 2 rings (SSSR count). The van der Waals surface area contributed by atoms with Crippen LogP contribution >= 0.6 is 0 Å². The van der Waals surface area contributed by atoms with Crippen molar-refractivity contribution in [2.45, 2.75) is 0 Å². The van der Waals surface area contributed by atoms with Gasteiger partial charge in [0.15, 0.2) is 0 Å². The lowest BCUT2D eigenvalue weighted by Gasteiger charge is -2.14. The number of aromatic amines is 1. The van der Waals surface area contributed by atoms with E-state index in [4.69, 9.17) is 10.6 Å². The van der Waals surface area contributed by atoms with E-state index in [-0.39, 0.29) is 5.56 Å². The van der Waals surface area contributed by atoms with Crippen LogP contribution in [0, 0.1) is 0 Å². The number of nitrogen functional groups attached to an aromatic ring is 1. The van der Waals surface area contributed by atoms with Gasteiger partial charge in [-0.25, -0.2) is 10.0 Å². The number of anilines is 2. The lowest BCUT2D eigenvalue weighted by atomic mass is 10.2. The Morgan fingerprint density at radius 1 is 1.50 bits per heavy atom. The Morgan fingerprint density at radius 2 is 2.25 bits per heavy atom. The maximum absolute atomic E-state index is 11.7.